The van der Waals surface area contributed by atoms with Gasteiger partial charge in [-0.3, -0.25) is 0 Å². The highest BCUT2D eigenvalue weighted by molar-refractivity contribution is 14.1. The molecular weight excluding hydrogens is 254 g/mol. The fourth-order valence-electron chi connectivity index (χ4n) is 0.470. The Morgan fingerprint density at radius 2 is 2.18 bits per heavy atom. The van der Waals surface area contributed by atoms with Gasteiger partial charge in [0, 0.05) is 9.90 Å². The molecule has 0 saturated carbocycles. The van der Waals surface area contributed by atoms with Crippen LogP contribution in [0.15, 0.2) is 34.5 Å². The van der Waals surface area contributed by atoms with Gasteiger partial charge in [-0.1, -0.05) is 24.8 Å². The average Bonchev–Trinajstić information content (AvgIpc) is 1.87. The van der Waals surface area contributed by atoms with Gasteiger partial charge in [-0.15, -0.1) is 0 Å². The van der Waals surface area contributed by atoms with Crippen molar-refractivity contribution < 1.29 is 10.0 Å². The first-order chi connectivity index (χ1) is 5.16. The minimum absolute atomic E-state index is 0.261. The zero-order valence-electron chi connectivity index (χ0n) is 6.07. The maximum absolute atomic E-state index is 8.46. The molecular formula is C7H10BIO2. The van der Waals surface area contributed by atoms with E-state index in [0.29, 0.717) is 0 Å². The topological polar surface area (TPSA) is 40.5 Å². The second-order valence-electron chi connectivity index (χ2n) is 1.91. The molecule has 2 N–H and O–H groups in total. The van der Waals surface area contributed by atoms with Crippen LogP contribution < -0.4 is 0 Å². The third-order valence-corrected chi connectivity index (χ3v) is 1.62. The van der Waals surface area contributed by atoms with E-state index in [0.717, 1.165) is 3.58 Å². The van der Waals surface area contributed by atoms with Gasteiger partial charge in [-0.2, -0.15) is 0 Å². The molecule has 0 heterocycles. The maximum atomic E-state index is 8.46. The Hall–Kier alpha value is -0.0651. The van der Waals surface area contributed by atoms with Crippen molar-refractivity contribution in [2.24, 2.45) is 0 Å². The van der Waals surface area contributed by atoms with E-state index in [1.54, 1.807) is 12.2 Å². The SMILES string of the molecule is C=C/C=C(I)\C=C/CB(O)O. The lowest BCUT2D eigenvalue weighted by molar-refractivity contribution is 0.411. The molecule has 0 aliphatic carbocycles. The Labute approximate surface area is 80.6 Å². The normalized spacial score (nSPS) is 12.1. The molecule has 0 spiro atoms. The molecule has 0 saturated heterocycles. The third-order valence-electron chi connectivity index (χ3n) is 0.901. The Morgan fingerprint density at radius 1 is 1.55 bits per heavy atom. The molecule has 0 amide bonds. The van der Waals surface area contributed by atoms with E-state index in [-0.39, 0.29) is 6.32 Å². The lowest BCUT2D eigenvalue weighted by Gasteiger charge is -1.89. The largest absolute Gasteiger partial charge is 0.455 e. The van der Waals surface area contributed by atoms with Crippen LogP contribution in [0.25, 0.3) is 0 Å². The Kier molecular flexibility index (Phi) is 6.59. The van der Waals surface area contributed by atoms with Crippen molar-refractivity contribution in [2.45, 2.75) is 6.32 Å². The summed E-state index contributed by atoms with van der Waals surface area (Å²) in [6, 6.07) is 0. The number of hydrogen-bond acceptors (Lipinski definition) is 2. The van der Waals surface area contributed by atoms with Crippen LogP contribution in [0.2, 0.25) is 6.32 Å². The fraction of sp³-hybridized carbons (Fsp3) is 0.143. The third kappa shape index (κ3) is 7.84. The molecule has 2 nitrogen and oxygen atoms in total. The van der Waals surface area contributed by atoms with E-state index in [1.165, 1.54) is 0 Å². The summed E-state index contributed by atoms with van der Waals surface area (Å²) in [6.07, 6.45) is 7.29. The van der Waals surface area contributed by atoms with Gasteiger partial charge in [0.1, 0.15) is 0 Å². The van der Waals surface area contributed by atoms with E-state index < -0.39 is 7.12 Å². The highest BCUT2D eigenvalue weighted by Crippen LogP contribution is 2.07. The Bertz CT molecular complexity index is 175. The van der Waals surface area contributed by atoms with Gasteiger partial charge in [-0.05, 0) is 28.7 Å². The summed E-state index contributed by atoms with van der Waals surface area (Å²) in [6.45, 7) is 3.53. The molecule has 0 aromatic carbocycles. The average molecular weight is 264 g/mol. The molecule has 0 fully saturated rings. The maximum Gasteiger partial charge on any atom is 0.455 e. The molecule has 0 radical (unpaired) electrons. The standard InChI is InChI=1S/C7H10BIO2/c1-2-4-7(9)5-3-6-8(10)11/h2-5,10-11H,1,6H2/b5-3-,7-4+. The highest BCUT2D eigenvalue weighted by Gasteiger charge is 2.00. The van der Waals surface area contributed by atoms with E-state index in [4.69, 9.17) is 10.0 Å². The predicted octanol–water partition coefficient (Wildman–Crippen LogP) is 1.52. The van der Waals surface area contributed by atoms with Crippen molar-refractivity contribution in [1.29, 1.82) is 0 Å². The van der Waals surface area contributed by atoms with Crippen LogP contribution >= 0.6 is 22.6 Å². The Balaban J connectivity index is 3.73. The van der Waals surface area contributed by atoms with E-state index in [9.17, 15) is 0 Å². The minimum Gasteiger partial charge on any atom is -0.427 e. The van der Waals surface area contributed by atoms with Crippen LogP contribution in [-0.2, 0) is 0 Å². The first kappa shape index (κ1) is 10.9. The summed E-state index contributed by atoms with van der Waals surface area (Å²) in [5.74, 6) is 0. The van der Waals surface area contributed by atoms with Crippen molar-refractivity contribution in [3.8, 4) is 0 Å². The second kappa shape index (κ2) is 6.63. The number of allylic oxidation sites excluding steroid dienone is 5. The smallest absolute Gasteiger partial charge is 0.427 e. The molecule has 0 aromatic heterocycles. The molecule has 0 unspecified atom stereocenters. The molecule has 0 aromatic rings. The number of halogens is 1. The van der Waals surface area contributed by atoms with E-state index in [2.05, 4.69) is 29.2 Å². The summed E-state index contributed by atoms with van der Waals surface area (Å²) in [5.41, 5.74) is 0. The Morgan fingerprint density at radius 3 is 2.64 bits per heavy atom. The molecule has 0 atom stereocenters. The van der Waals surface area contributed by atoms with Crippen molar-refractivity contribution in [3.63, 3.8) is 0 Å². The van der Waals surface area contributed by atoms with Gasteiger partial charge in [0.15, 0.2) is 0 Å². The van der Waals surface area contributed by atoms with Crippen LogP contribution in [0, 0.1) is 0 Å². The fourth-order valence-corrected chi connectivity index (χ4v) is 0.979. The first-order valence-corrected chi connectivity index (χ1v) is 4.25. The zero-order valence-corrected chi connectivity index (χ0v) is 8.23. The summed E-state index contributed by atoms with van der Waals surface area (Å²) in [4.78, 5) is 0. The molecule has 0 bridgehead atoms. The number of hydrogen-bond donors (Lipinski definition) is 2. The molecule has 60 valence electrons. The van der Waals surface area contributed by atoms with Gasteiger partial charge >= 0.3 is 7.12 Å². The summed E-state index contributed by atoms with van der Waals surface area (Å²) in [7, 11) is -1.25. The molecule has 11 heavy (non-hydrogen) atoms. The van der Waals surface area contributed by atoms with Crippen LogP contribution in [-0.4, -0.2) is 17.2 Å². The quantitative estimate of drug-likeness (QED) is 0.459. The highest BCUT2D eigenvalue weighted by atomic mass is 127. The van der Waals surface area contributed by atoms with Crippen LogP contribution in [0.3, 0.4) is 0 Å². The summed E-state index contributed by atoms with van der Waals surface area (Å²) in [5, 5.41) is 16.9. The van der Waals surface area contributed by atoms with Crippen LogP contribution in [0.5, 0.6) is 0 Å². The summed E-state index contributed by atoms with van der Waals surface area (Å²) >= 11 is 2.13. The molecule has 0 aliphatic heterocycles. The first-order valence-electron chi connectivity index (χ1n) is 3.17. The lowest BCUT2D eigenvalue weighted by atomic mass is 9.86. The second-order valence-corrected chi connectivity index (χ2v) is 3.15. The monoisotopic (exact) mass is 264 g/mol. The molecule has 0 aliphatic rings. The molecule has 0 rings (SSSR count). The van der Waals surface area contributed by atoms with E-state index in [1.807, 2.05) is 12.2 Å². The zero-order chi connectivity index (χ0) is 8.69. The van der Waals surface area contributed by atoms with Crippen molar-refractivity contribution in [2.75, 3.05) is 0 Å². The van der Waals surface area contributed by atoms with Crippen molar-refractivity contribution >= 4 is 29.7 Å². The lowest BCUT2D eigenvalue weighted by Crippen LogP contribution is -2.07. The number of rotatable bonds is 4. The van der Waals surface area contributed by atoms with Crippen LogP contribution in [0.1, 0.15) is 0 Å². The summed E-state index contributed by atoms with van der Waals surface area (Å²) < 4.78 is 1.01. The van der Waals surface area contributed by atoms with Crippen molar-refractivity contribution in [1.82, 2.24) is 0 Å². The van der Waals surface area contributed by atoms with Gasteiger partial charge < -0.3 is 10.0 Å². The van der Waals surface area contributed by atoms with Gasteiger partial charge in [-0.25, -0.2) is 0 Å². The van der Waals surface area contributed by atoms with Crippen molar-refractivity contribution in [3.05, 3.63) is 34.5 Å². The van der Waals surface area contributed by atoms with E-state index >= 15 is 0 Å². The van der Waals surface area contributed by atoms with Gasteiger partial charge in [0.05, 0.1) is 0 Å². The van der Waals surface area contributed by atoms with Crippen LogP contribution in [0.4, 0.5) is 0 Å². The minimum atomic E-state index is -1.25. The van der Waals surface area contributed by atoms with Gasteiger partial charge in [0.25, 0.3) is 0 Å². The molecule has 4 heteroatoms. The predicted molar refractivity (Wildman–Crippen MR) is 56.4 cm³/mol. The van der Waals surface area contributed by atoms with Gasteiger partial charge in [0.2, 0.25) is 0 Å².